The van der Waals surface area contributed by atoms with Gasteiger partial charge in [-0.1, -0.05) is 36.8 Å². The van der Waals surface area contributed by atoms with Crippen molar-refractivity contribution in [3.8, 4) is 5.75 Å². The van der Waals surface area contributed by atoms with Crippen molar-refractivity contribution in [2.45, 2.75) is 25.7 Å². The fourth-order valence-corrected chi connectivity index (χ4v) is 3.69. The minimum atomic E-state index is -0.195. The average Bonchev–Trinajstić information content (AvgIpc) is 2.79. The zero-order valence-corrected chi connectivity index (χ0v) is 17.9. The fourth-order valence-electron chi connectivity index (χ4n) is 3.69. The number of benzene rings is 2. The Labute approximate surface area is 183 Å². The molecule has 2 heterocycles. The first-order valence-electron chi connectivity index (χ1n) is 10.4. The maximum absolute atomic E-state index is 12.3. The number of para-hydroxylation sites is 2. The monoisotopic (exact) mass is 429 g/mol. The van der Waals surface area contributed by atoms with Gasteiger partial charge in [0.2, 0.25) is 5.90 Å². The van der Waals surface area contributed by atoms with Crippen molar-refractivity contribution >= 4 is 29.9 Å². The van der Waals surface area contributed by atoms with Crippen LogP contribution in [0.15, 0.2) is 59.7 Å². The lowest BCUT2D eigenvalue weighted by Gasteiger charge is -2.26. The molecule has 1 saturated heterocycles. The highest BCUT2D eigenvalue weighted by Crippen LogP contribution is 2.24. The molecule has 2 aliphatic heterocycles. The van der Waals surface area contributed by atoms with Crippen LogP contribution in [-0.4, -0.2) is 49.6 Å². The third-order valence-corrected chi connectivity index (χ3v) is 5.20. The first-order valence-corrected chi connectivity index (χ1v) is 10.4. The summed E-state index contributed by atoms with van der Waals surface area (Å²) in [5, 5.41) is 5.85. The van der Waals surface area contributed by atoms with E-state index >= 15 is 0 Å². The molecule has 1 fully saturated rings. The molecule has 160 valence electrons. The molecule has 0 saturated carbocycles. The van der Waals surface area contributed by atoms with E-state index in [4.69, 9.17) is 9.47 Å². The zero-order chi connectivity index (χ0) is 19.9. The fraction of sp³-hybridized carbons (Fsp3) is 0.391. The van der Waals surface area contributed by atoms with Crippen molar-refractivity contribution in [1.82, 2.24) is 4.90 Å². The van der Waals surface area contributed by atoms with Gasteiger partial charge < -0.3 is 14.4 Å². The number of hydrogen-bond donors (Lipinski definition) is 0. The molecule has 6 nitrogen and oxygen atoms in total. The van der Waals surface area contributed by atoms with Gasteiger partial charge in [-0.15, -0.1) is 17.5 Å². The van der Waals surface area contributed by atoms with Gasteiger partial charge in [-0.3, -0.25) is 4.79 Å². The summed E-state index contributed by atoms with van der Waals surface area (Å²) in [5.74, 6) is 0.937. The highest BCUT2D eigenvalue weighted by molar-refractivity contribution is 6.05. The molecule has 4 rings (SSSR count). The molecule has 0 unspecified atom stereocenters. The molecular formula is C23H28ClN3O3. The Kier molecular flexibility index (Phi) is 8.11. The minimum Gasteiger partial charge on any atom is -0.493 e. The molecule has 0 atom stereocenters. The lowest BCUT2D eigenvalue weighted by atomic mass is 10.1. The van der Waals surface area contributed by atoms with E-state index in [1.54, 1.807) is 0 Å². The van der Waals surface area contributed by atoms with Gasteiger partial charge in [0.05, 0.1) is 17.9 Å². The number of nitrogens with zero attached hydrogens (tertiary/aromatic N) is 3. The van der Waals surface area contributed by atoms with Gasteiger partial charge in [-0.2, -0.15) is 5.01 Å². The van der Waals surface area contributed by atoms with E-state index in [0.29, 0.717) is 12.5 Å². The predicted molar refractivity (Wildman–Crippen MR) is 121 cm³/mol. The number of amides is 1. The lowest BCUT2D eigenvalue weighted by molar-refractivity contribution is -0.121. The minimum absolute atomic E-state index is 0. The van der Waals surface area contributed by atoms with Gasteiger partial charge in [-0.05, 0) is 56.6 Å². The second-order valence-electron chi connectivity index (χ2n) is 7.34. The standard InChI is InChI=1S/C23H27N3O3.ClH/c27-22-18-29-23(24-26(22)19-10-3-1-4-11-19)20-12-5-6-13-21(20)28-17-9-16-25-14-7-2-8-15-25;/h1,3-6,10-13H,2,7-9,14-18H2;1H. The molecule has 0 spiro atoms. The van der Waals surface area contributed by atoms with E-state index in [1.165, 1.54) is 37.4 Å². The largest absolute Gasteiger partial charge is 0.493 e. The van der Waals surface area contributed by atoms with Crippen molar-refractivity contribution in [2.75, 3.05) is 37.9 Å². The lowest BCUT2D eigenvalue weighted by Crippen LogP contribution is -2.37. The Morgan fingerprint density at radius 2 is 1.70 bits per heavy atom. The van der Waals surface area contributed by atoms with Gasteiger partial charge in [0.15, 0.2) is 6.61 Å². The van der Waals surface area contributed by atoms with Gasteiger partial charge in [-0.25, -0.2) is 0 Å². The summed E-state index contributed by atoms with van der Waals surface area (Å²) in [6, 6.07) is 17.1. The summed E-state index contributed by atoms with van der Waals surface area (Å²) in [4.78, 5) is 14.8. The third-order valence-electron chi connectivity index (χ3n) is 5.20. The normalized spacial score (nSPS) is 17.0. The number of anilines is 1. The van der Waals surface area contributed by atoms with Crippen LogP contribution in [0.3, 0.4) is 0 Å². The van der Waals surface area contributed by atoms with Gasteiger partial charge in [0.1, 0.15) is 5.75 Å². The van der Waals surface area contributed by atoms with E-state index in [2.05, 4.69) is 10.0 Å². The third kappa shape index (κ3) is 5.52. The number of ether oxygens (including phenoxy) is 2. The number of carbonyl (C=O) groups is 1. The van der Waals surface area contributed by atoms with Crippen LogP contribution in [0.25, 0.3) is 0 Å². The number of carbonyl (C=O) groups excluding carboxylic acids is 1. The second-order valence-corrected chi connectivity index (χ2v) is 7.34. The quantitative estimate of drug-likeness (QED) is 0.622. The van der Waals surface area contributed by atoms with Crippen LogP contribution in [0.4, 0.5) is 5.69 Å². The van der Waals surface area contributed by atoms with Crippen LogP contribution >= 0.6 is 12.4 Å². The molecular weight excluding hydrogens is 402 g/mol. The maximum Gasteiger partial charge on any atom is 0.285 e. The smallest absolute Gasteiger partial charge is 0.285 e. The Bertz CT molecular complexity index is 854. The van der Waals surface area contributed by atoms with Crippen molar-refractivity contribution in [3.63, 3.8) is 0 Å². The van der Waals surface area contributed by atoms with Crippen LogP contribution in [0.1, 0.15) is 31.2 Å². The van der Waals surface area contributed by atoms with Crippen LogP contribution in [0.5, 0.6) is 5.75 Å². The molecule has 7 heteroatoms. The second kappa shape index (κ2) is 11.0. The molecule has 0 bridgehead atoms. The summed E-state index contributed by atoms with van der Waals surface area (Å²) < 4.78 is 11.7. The molecule has 0 radical (unpaired) electrons. The Morgan fingerprint density at radius 1 is 0.967 bits per heavy atom. The van der Waals surface area contributed by atoms with E-state index in [0.717, 1.165) is 30.0 Å². The summed E-state index contributed by atoms with van der Waals surface area (Å²) in [7, 11) is 0. The van der Waals surface area contributed by atoms with Crippen LogP contribution < -0.4 is 9.75 Å². The average molecular weight is 430 g/mol. The topological polar surface area (TPSA) is 54.4 Å². The van der Waals surface area contributed by atoms with E-state index in [1.807, 2.05) is 54.6 Å². The predicted octanol–water partition coefficient (Wildman–Crippen LogP) is 4.09. The van der Waals surface area contributed by atoms with Crippen LogP contribution in [-0.2, 0) is 9.53 Å². The van der Waals surface area contributed by atoms with Gasteiger partial charge in [0.25, 0.3) is 5.91 Å². The first-order chi connectivity index (χ1) is 14.3. The number of piperidine rings is 1. The first kappa shape index (κ1) is 22.1. The highest BCUT2D eigenvalue weighted by Gasteiger charge is 2.25. The highest BCUT2D eigenvalue weighted by atomic mass is 35.5. The summed E-state index contributed by atoms with van der Waals surface area (Å²) in [6.45, 7) is 4.06. The summed E-state index contributed by atoms with van der Waals surface area (Å²) >= 11 is 0. The van der Waals surface area contributed by atoms with Crippen molar-refractivity contribution in [3.05, 3.63) is 60.2 Å². The number of likely N-dealkylation sites (tertiary alicyclic amines) is 1. The van der Waals surface area contributed by atoms with Crippen molar-refractivity contribution in [2.24, 2.45) is 5.10 Å². The Balaban J connectivity index is 0.00000256. The SMILES string of the molecule is Cl.O=C1COC(c2ccccc2OCCCN2CCCCC2)=NN1c1ccccc1. The molecule has 2 aromatic carbocycles. The number of halogens is 1. The Hall–Kier alpha value is -2.57. The molecule has 2 aliphatic rings. The number of rotatable bonds is 7. The molecule has 1 amide bonds. The van der Waals surface area contributed by atoms with E-state index in [9.17, 15) is 4.79 Å². The molecule has 0 aromatic heterocycles. The maximum atomic E-state index is 12.3. The molecule has 30 heavy (non-hydrogen) atoms. The van der Waals surface area contributed by atoms with Crippen molar-refractivity contribution < 1.29 is 14.3 Å². The van der Waals surface area contributed by atoms with E-state index < -0.39 is 0 Å². The van der Waals surface area contributed by atoms with Crippen LogP contribution in [0.2, 0.25) is 0 Å². The van der Waals surface area contributed by atoms with Crippen molar-refractivity contribution in [1.29, 1.82) is 0 Å². The molecule has 0 aliphatic carbocycles. The number of hydrogen-bond acceptors (Lipinski definition) is 5. The molecule has 2 aromatic rings. The zero-order valence-electron chi connectivity index (χ0n) is 17.0. The Morgan fingerprint density at radius 3 is 2.50 bits per heavy atom. The van der Waals surface area contributed by atoms with Crippen LogP contribution in [0, 0.1) is 0 Å². The molecule has 0 N–H and O–H groups in total. The van der Waals surface area contributed by atoms with Gasteiger partial charge >= 0.3 is 0 Å². The van der Waals surface area contributed by atoms with Gasteiger partial charge in [0, 0.05) is 6.54 Å². The summed E-state index contributed by atoms with van der Waals surface area (Å²) in [6.07, 6.45) is 4.94. The summed E-state index contributed by atoms with van der Waals surface area (Å²) in [5.41, 5.74) is 1.48. The number of hydrazone groups is 1. The van der Waals surface area contributed by atoms with E-state index in [-0.39, 0.29) is 24.9 Å².